The molecule has 11 aromatic rings. The summed E-state index contributed by atoms with van der Waals surface area (Å²) in [7, 11) is 0. The second kappa shape index (κ2) is 14.1. The minimum Gasteiger partial charge on any atom is -0.309 e. The van der Waals surface area contributed by atoms with Crippen molar-refractivity contribution in [3.05, 3.63) is 231 Å². The van der Waals surface area contributed by atoms with E-state index in [1.807, 2.05) is 0 Å². The number of anilines is 3. The van der Waals surface area contributed by atoms with Crippen molar-refractivity contribution in [1.29, 1.82) is 0 Å². The van der Waals surface area contributed by atoms with Gasteiger partial charge in [-0.2, -0.15) is 0 Å². The van der Waals surface area contributed by atoms with Crippen LogP contribution in [0, 0.1) is 0 Å². The molecule has 0 amide bonds. The average molecular weight is 739 g/mol. The smallest absolute Gasteiger partial charge is 0.0547 e. The van der Waals surface area contributed by atoms with Crippen molar-refractivity contribution in [2.45, 2.75) is 0 Å². The van der Waals surface area contributed by atoms with Gasteiger partial charge in [-0.15, -0.1) is 0 Å². The highest BCUT2D eigenvalue weighted by atomic mass is 15.1. The predicted molar refractivity (Wildman–Crippen MR) is 247 cm³/mol. The molecule has 0 atom stereocenters. The van der Waals surface area contributed by atoms with Crippen LogP contribution in [-0.2, 0) is 0 Å². The average Bonchev–Trinajstić information content (AvgIpc) is 3.63. The Morgan fingerprint density at radius 2 is 0.776 bits per heavy atom. The van der Waals surface area contributed by atoms with Crippen LogP contribution in [0.15, 0.2) is 231 Å². The first-order valence-electron chi connectivity index (χ1n) is 19.9. The number of rotatable bonds is 7. The molecule has 0 radical (unpaired) electrons. The van der Waals surface area contributed by atoms with E-state index < -0.39 is 0 Å². The number of hydrogen-bond donors (Lipinski definition) is 0. The quantitative estimate of drug-likeness (QED) is 0.158. The molecule has 1 aromatic heterocycles. The van der Waals surface area contributed by atoms with Crippen LogP contribution in [0.1, 0.15) is 0 Å². The Bertz CT molecular complexity index is 3190. The molecule has 0 spiro atoms. The maximum absolute atomic E-state index is 2.43. The first-order chi connectivity index (χ1) is 28.8. The summed E-state index contributed by atoms with van der Waals surface area (Å²) in [5, 5.41) is 7.34. The van der Waals surface area contributed by atoms with Gasteiger partial charge >= 0.3 is 0 Å². The lowest BCUT2D eigenvalue weighted by molar-refractivity contribution is 1.18. The van der Waals surface area contributed by atoms with Crippen molar-refractivity contribution in [2.24, 2.45) is 0 Å². The van der Waals surface area contributed by atoms with Gasteiger partial charge in [-0.1, -0.05) is 182 Å². The first kappa shape index (κ1) is 33.6. The van der Waals surface area contributed by atoms with Crippen LogP contribution in [0.3, 0.4) is 0 Å². The Kier molecular flexibility index (Phi) is 8.19. The van der Waals surface area contributed by atoms with E-state index in [2.05, 4.69) is 240 Å². The lowest BCUT2D eigenvalue weighted by Gasteiger charge is -2.28. The van der Waals surface area contributed by atoms with Gasteiger partial charge in [-0.25, -0.2) is 0 Å². The number of nitrogens with zero attached hydrogens (tertiary/aromatic N) is 2. The van der Waals surface area contributed by atoms with E-state index >= 15 is 0 Å². The normalized spacial score (nSPS) is 11.4. The number of fused-ring (bicyclic) bond motifs is 5. The summed E-state index contributed by atoms with van der Waals surface area (Å²) in [6.45, 7) is 0. The van der Waals surface area contributed by atoms with Gasteiger partial charge in [0.15, 0.2) is 0 Å². The van der Waals surface area contributed by atoms with Crippen LogP contribution >= 0.6 is 0 Å². The van der Waals surface area contributed by atoms with E-state index in [0.29, 0.717) is 0 Å². The van der Waals surface area contributed by atoms with E-state index in [-0.39, 0.29) is 0 Å². The van der Waals surface area contributed by atoms with Crippen LogP contribution < -0.4 is 4.90 Å². The highest BCUT2D eigenvalue weighted by Gasteiger charge is 2.20. The topological polar surface area (TPSA) is 8.17 Å². The van der Waals surface area contributed by atoms with Gasteiger partial charge in [0.2, 0.25) is 0 Å². The summed E-state index contributed by atoms with van der Waals surface area (Å²) in [6, 6.07) is 83.7. The summed E-state index contributed by atoms with van der Waals surface area (Å²) in [4.78, 5) is 2.43. The van der Waals surface area contributed by atoms with Gasteiger partial charge in [0.05, 0.1) is 22.4 Å². The molecule has 0 N–H and O–H groups in total. The summed E-state index contributed by atoms with van der Waals surface area (Å²) in [6.07, 6.45) is 0. The SMILES string of the molecule is c1ccc(-c2ccc(-n3c4ccccc4c4ccc(-c5ccccc5-c5cccc(N(c6cccc7ccccc67)c6cccc7ccccc67)c5)cc43)cc2)cc1. The van der Waals surface area contributed by atoms with Crippen LogP contribution in [0.2, 0.25) is 0 Å². The number of benzene rings is 10. The van der Waals surface area contributed by atoms with Crippen molar-refractivity contribution in [3.63, 3.8) is 0 Å². The van der Waals surface area contributed by atoms with Gasteiger partial charge in [-0.05, 0) is 92.7 Å². The zero-order valence-electron chi connectivity index (χ0n) is 31.8. The maximum atomic E-state index is 2.43. The van der Waals surface area contributed by atoms with E-state index in [4.69, 9.17) is 0 Å². The highest BCUT2D eigenvalue weighted by Crippen LogP contribution is 2.44. The third-order valence-electron chi connectivity index (χ3n) is 11.6. The van der Waals surface area contributed by atoms with Crippen molar-refractivity contribution >= 4 is 60.4 Å². The Morgan fingerprint density at radius 3 is 1.47 bits per heavy atom. The molecule has 10 aromatic carbocycles. The molecule has 0 aliphatic heterocycles. The predicted octanol–water partition coefficient (Wildman–Crippen LogP) is 15.6. The molecule has 1 heterocycles. The second-order valence-corrected chi connectivity index (χ2v) is 14.9. The van der Waals surface area contributed by atoms with E-state index in [1.165, 1.54) is 71.2 Å². The van der Waals surface area contributed by atoms with Crippen LogP contribution in [0.4, 0.5) is 17.1 Å². The standard InChI is InChI=1S/C56H38N2/c1-2-15-39(16-3-1)40-31-34-45(35-32-40)57-55-28-11-10-27-51(55)52-36-33-44(38-56(52)57)48-24-9-8-23-47(48)43-21-12-22-46(37-43)58(53-29-13-19-41-17-4-6-25-49(41)53)54-30-14-20-42-18-5-7-26-50(42)54/h1-38H. The van der Waals surface area contributed by atoms with E-state index in [1.54, 1.807) is 0 Å². The Labute approximate surface area is 338 Å². The third kappa shape index (κ3) is 5.74. The van der Waals surface area contributed by atoms with Crippen LogP contribution in [-0.4, -0.2) is 4.57 Å². The van der Waals surface area contributed by atoms with Crippen LogP contribution in [0.5, 0.6) is 0 Å². The van der Waals surface area contributed by atoms with Crippen molar-refractivity contribution in [1.82, 2.24) is 4.57 Å². The fraction of sp³-hybridized carbons (Fsp3) is 0. The molecular formula is C56H38N2. The highest BCUT2D eigenvalue weighted by molar-refractivity contribution is 6.11. The zero-order valence-corrected chi connectivity index (χ0v) is 31.8. The van der Waals surface area contributed by atoms with E-state index in [0.717, 1.165) is 28.3 Å². The summed E-state index contributed by atoms with van der Waals surface area (Å²) >= 11 is 0. The summed E-state index contributed by atoms with van der Waals surface area (Å²) in [5.74, 6) is 0. The van der Waals surface area contributed by atoms with Gasteiger partial charge in [0.25, 0.3) is 0 Å². The summed E-state index contributed by atoms with van der Waals surface area (Å²) < 4.78 is 2.42. The first-order valence-corrected chi connectivity index (χ1v) is 19.9. The minimum atomic E-state index is 1.11. The largest absolute Gasteiger partial charge is 0.309 e. The molecule has 2 nitrogen and oxygen atoms in total. The monoisotopic (exact) mass is 738 g/mol. The molecule has 0 fully saturated rings. The molecular weight excluding hydrogens is 701 g/mol. The molecule has 2 heteroatoms. The molecule has 0 unspecified atom stereocenters. The van der Waals surface area contributed by atoms with E-state index in [9.17, 15) is 0 Å². The number of hydrogen-bond acceptors (Lipinski definition) is 1. The van der Waals surface area contributed by atoms with Crippen molar-refractivity contribution in [3.8, 4) is 39.1 Å². The molecule has 11 rings (SSSR count). The molecule has 0 aliphatic carbocycles. The molecule has 0 saturated carbocycles. The number of aromatic nitrogens is 1. The molecule has 272 valence electrons. The van der Waals surface area contributed by atoms with Gasteiger partial charge in [0.1, 0.15) is 0 Å². The fourth-order valence-corrected chi connectivity index (χ4v) is 8.86. The molecule has 0 saturated heterocycles. The third-order valence-corrected chi connectivity index (χ3v) is 11.6. The molecule has 58 heavy (non-hydrogen) atoms. The maximum Gasteiger partial charge on any atom is 0.0547 e. The van der Waals surface area contributed by atoms with Gasteiger partial charge in [0, 0.05) is 32.9 Å². The van der Waals surface area contributed by atoms with Crippen molar-refractivity contribution in [2.75, 3.05) is 4.90 Å². The fourth-order valence-electron chi connectivity index (χ4n) is 8.86. The van der Waals surface area contributed by atoms with Crippen LogP contribution in [0.25, 0.3) is 82.4 Å². The van der Waals surface area contributed by atoms with Gasteiger partial charge in [-0.3, -0.25) is 0 Å². The number of para-hydroxylation sites is 1. The second-order valence-electron chi connectivity index (χ2n) is 14.9. The lowest BCUT2D eigenvalue weighted by atomic mass is 9.93. The van der Waals surface area contributed by atoms with Gasteiger partial charge < -0.3 is 9.47 Å². The zero-order chi connectivity index (χ0) is 38.4. The molecule has 0 aliphatic rings. The Morgan fingerprint density at radius 1 is 0.293 bits per heavy atom. The minimum absolute atomic E-state index is 1.11. The Balaban J connectivity index is 1.06. The van der Waals surface area contributed by atoms with Crippen molar-refractivity contribution < 1.29 is 0 Å². The molecule has 0 bridgehead atoms. The summed E-state index contributed by atoms with van der Waals surface area (Å²) in [5.41, 5.74) is 14.1. The Hall–Kier alpha value is -7.68. The lowest BCUT2D eigenvalue weighted by Crippen LogP contribution is -2.11.